The molecule has 2 aromatic carbocycles. The molecule has 8 heteroatoms. The van der Waals surface area contributed by atoms with E-state index in [1.165, 1.54) is 24.3 Å². The third-order valence-corrected chi connectivity index (χ3v) is 17.1. The lowest BCUT2D eigenvalue weighted by atomic mass is 9.32. The van der Waals surface area contributed by atoms with Crippen molar-refractivity contribution in [2.24, 2.45) is 56.7 Å². The highest BCUT2D eigenvalue weighted by Gasteiger charge is 2.71. The minimum Gasteiger partial charge on any atom is -0.478 e. The van der Waals surface area contributed by atoms with Crippen LogP contribution < -0.4 is 10.6 Å². The maximum atomic E-state index is 15.3. The number of halogens is 1. The summed E-state index contributed by atoms with van der Waals surface area (Å²) < 4.78 is 15.3. The first-order chi connectivity index (χ1) is 25.9. The number of rotatable bonds is 9. The number of aliphatic hydroxyl groups is 1. The molecule has 7 rings (SSSR count). The minimum atomic E-state index is -1.00. The van der Waals surface area contributed by atoms with Crippen molar-refractivity contribution in [3.05, 3.63) is 82.7 Å². The van der Waals surface area contributed by atoms with Gasteiger partial charge < -0.3 is 20.8 Å². The van der Waals surface area contributed by atoms with Crippen LogP contribution in [0.1, 0.15) is 138 Å². The second-order valence-corrected chi connectivity index (χ2v) is 19.7. The third-order valence-electron chi connectivity index (χ3n) is 17.1. The molecule has 0 saturated heterocycles. The van der Waals surface area contributed by atoms with Crippen molar-refractivity contribution in [1.82, 2.24) is 10.6 Å². The first-order valence-electron chi connectivity index (χ1n) is 20.9. The molecule has 0 heterocycles. The summed E-state index contributed by atoms with van der Waals surface area (Å²) in [5.74, 6) is 0.0854. The molecule has 0 spiro atoms. The summed E-state index contributed by atoms with van der Waals surface area (Å²) in [6.07, 6.45) is 10.3. The average molecular weight is 755 g/mol. The number of nitrogens with one attached hydrogen (secondary N) is 2. The van der Waals surface area contributed by atoms with E-state index < -0.39 is 17.2 Å². The summed E-state index contributed by atoms with van der Waals surface area (Å²) >= 11 is 0. The van der Waals surface area contributed by atoms with E-state index in [-0.39, 0.29) is 69.1 Å². The number of carbonyl (C=O) groups excluding carboxylic acids is 2. The Morgan fingerprint density at radius 3 is 2.33 bits per heavy atom. The molecule has 7 nitrogen and oxygen atoms in total. The van der Waals surface area contributed by atoms with Crippen molar-refractivity contribution in [2.75, 3.05) is 6.54 Å². The van der Waals surface area contributed by atoms with Gasteiger partial charge in [0, 0.05) is 24.2 Å². The van der Waals surface area contributed by atoms with Crippen molar-refractivity contribution < 1.29 is 29.0 Å². The predicted octanol–water partition coefficient (Wildman–Crippen LogP) is 9.13. The first-order valence-corrected chi connectivity index (χ1v) is 20.9. The predicted molar refractivity (Wildman–Crippen MR) is 213 cm³/mol. The lowest BCUT2D eigenvalue weighted by molar-refractivity contribution is -0.246. The minimum absolute atomic E-state index is 0.00305. The lowest BCUT2D eigenvalue weighted by Crippen LogP contribution is -2.67. The van der Waals surface area contributed by atoms with Gasteiger partial charge >= 0.3 is 5.97 Å². The molecule has 2 amide bonds. The van der Waals surface area contributed by atoms with Gasteiger partial charge in [0.25, 0.3) is 5.91 Å². The van der Waals surface area contributed by atoms with Crippen LogP contribution in [0.15, 0.2) is 54.6 Å². The highest BCUT2D eigenvalue weighted by atomic mass is 19.1. The molecular weight excluding hydrogens is 692 g/mol. The summed E-state index contributed by atoms with van der Waals surface area (Å²) in [6.45, 7) is 19.2. The molecule has 5 aliphatic rings. The normalized spacial score (nSPS) is 37.4. The lowest BCUT2D eigenvalue weighted by Gasteiger charge is -2.72. The molecule has 5 fully saturated rings. The topological polar surface area (TPSA) is 116 Å². The smallest absolute Gasteiger partial charge is 0.335 e. The fourth-order valence-corrected chi connectivity index (χ4v) is 14.0. The Kier molecular flexibility index (Phi) is 10.2. The second-order valence-electron chi connectivity index (χ2n) is 19.7. The summed E-state index contributed by atoms with van der Waals surface area (Å²) in [5, 5.41) is 26.4. The molecule has 0 aromatic heterocycles. The van der Waals surface area contributed by atoms with Crippen molar-refractivity contribution >= 4 is 17.8 Å². The number of aliphatic hydroxyl groups excluding tert-OH is 1. The molecule has 55 heavy (non-hydrogen) atoms. The van der Waals surface area contributed by atoms with Crippen LogP contribution in [-0.2, 0) is 17.8 Å². The highest BCUT2D eigenvalue weighted by Crippen LogP contribution is 2.77. The van der Waals surface area contributed by atoms with Crippen LogP contribution in [0, 0.1) is 62.5 Å². The zero-order chi connectivity index (χ0) is 39.7. The van der Waals surface area contributed by atoms with Gasteiger partial charge in [-0.2, -0.15) is 0 Å². The zero-order valence-electron chi connectivity index (χ0n) is 33.9. The van der Waals surface area contributed by atoms with E-state index in [1.54, 1.807) is 12.1 Å². The number of carboxylic acids is 1. The maximum absolute atomic E-state index is 15.3. The van der Waals surface area contributed by atoms with E-state index in [0.717, 1.165) is 75.3 Å². The number of hydrogen-bond donors (Lipinski definition) is 4. The van der Waals surface area contributed by atoms with E-state index in [9.17, 15) is 24.6 Å². The number of carboxylic acid groups (broad SMARTS) is 1. The molecule has 5 saturated carbocycles. The van der Waals surface area contributed by atoms with Crippen LogP contribution >= 0.6 is 0 Å². The summed E-state index contributed by atoms with van der Waals surface area (Å²) in [5.41, 5.74) is 2.48. The maximum Gasteiger partial charge on any atom is 0.335 e. The van der Waals surface area contributed by atoms with Gasteiger partial charge in [0.2, 0.25) is 5.91 Å². The van der Waals surface area contributed by atoms with Gasteiger partial charge in [-0.1, -0.05) is 58.9 Å². The van der Waals surface area contributed by atoms with Crippen molar-refractivity contribution in [3.63, 3.8) is 0 Å². The quantitative estimate of drug-likeness (QED) is 0.191. The van der Waals surface area contributed by atoms with Crippen LogP contribution in [0.2, 0.25) is 0 Å². The van der Waals surface area contributed by atoms with Crippen LogP contribution in [-0.4, -0.2) is 40.6 Å². The Hall–Kier alpha value is -3.52. The van der Waals surface area contributed by atoms with E-state index in [2.05, 4.69) is 58.8 Å². The van der Waals surface area contributed by atoms with Gasteiger partial charge in [0.15, 0.2) is 0 Å². The number of allylic oxidation sites excluding steroid dienone is 1. The van der Waals surface area contributed by atoms with E-state index in [0.29, 0.717) is 36.3 Å². The van der Waals surface area contributed by atoms with Gasteiger partial charge in [-0.15, -0.1) is 0 Å². The van der Waals surface area contributed by atoms with Crippen molar-refractivity contribution in [3.8, 4) is 0 Å². The number of hydrogen-bond acceptors (Lipinski definition) is 4. The van der Waals surface area contributed by atoms with Crippen LogP contribution in [0.3, 0.4) is 0 Å². The molecule has 0 aliphatic heterocycles. The Morgan fingerprint density at radius 1 is 0.836 bits per heavy atom. The molecule has 298 valence electrons. The van der Waals surface area contributed by atoms with Crippen molar-refractivity contribution in [2.45, 2.75) is 125 Å². The SMILES string of the molecule is C=C(C)[C@@H]1CC[C@]2(C(=O)NCc3cc(C(=O)NCCc4cccc(C(=O)O)c4)ccc3F)CC[C@]3(C)C(CCC4[C@@]5(C)CC[C@H](O)C(C)(C)C5CC[C@]43C)C12. The molecule has 4 N–H and O–H groups in total. The van der Waals surface area contributed by atoms with Crippen LogP contribution in [0.25, 0.3) is 0 Å². The number of benzene rings is 2. The Balaban J connectivity index is 1.07. The molecule has 0 bridgehead atoms. The Bertz CT molecular complexity index is 1870. The third kappa shape index (κ3) is 6.28. The van der Waals surface area contributed by atoms with Crippen LogP contribution in [0.4, 0.5) is 4.39 Å². The van der Waals surface area contributed by atoms with Crippen LogP contribution in [0.5, 0.6) is 0 Å². The molecule has 4 unspecified atom stereocenters. The molecular formula is C47H63FN2O5. The fraction of sp³-hybridized carbons (Fsp3) is 0.638. The van der Waals surface area contributed by atoms with E-state index in [4.69, 9.17) is 0 Å². The van der Waals surface area contributed by atoms with E-state index >= 15 is 4.39 Å². The number of amides is 2. The van der Waals surface area contributed by atoms with Gasteiger partial charge in [-0.05, 0) is 165 Å². The standard InChI is InChI=1S/C47H63FN2O5/c1-28(2)33-15-21-47(42(55)50-27-32-26-30(11-13-35(32)48)40(52)49-24-18-29-9-8-10-31(25-29)41(53)54)23-22-45(6)34(39(33)47)12-14-37-44(5)19-17-38(51)43(3,4)36(44)16-20-46(37,45)7/h8-11,13,25-26,33-34,36-39,51H,1,12,14-24,27H2,2-7H3,(H,49,52)(H,50,55)(H,53,54)/t33-,34?,36?,37?,38-,39?,44-,45+,46+,47-/m0/s1. The largest absolute Gasteiger partial charge is 0.478 e. The van der Waals surface area contributed by atoms with E-state index in [1.807, 2.05) is 6.07 Å². The number of carbonyl (C=O) groups is 3. The summed E-state index contributed by atoms with van der Waals surface area (Å²) in [7, 11) is 0. The van der Waals surface area contributed by atoms with Gasteiger partial charge in [0.1, 0.15) is 5.82 Å². The molecule has 5 aliphatic carbocycles. The van der Waals surface area contributed by atoms with Gasteiger partial charge in [0.05, 0.1) is 17.1 Å². The number of aromatic carboxylic acids is 1. The Labute approximate surface area is 327 Å². The average Bonchev–Trinajstić information content (AvgIpc) is 3.55. The Morgan fingerprint density at radius 2 is 1.60 bits per heavy atom. The monoisotopic (exact) mass is 754 g/mol. The number of fused-ring (bicyclic) bond motifs is 7. The van der Waals surface area contributed by atoms with Crippen molar-refractivity contribution in [1.29, 1.82) is 0 Å². The highest BCUT2D eigenvalue weighted by molar-refractivity contribution is 5.94. The summed E-state index contributed by atoms with van der Waals surface area (Å²) in [6, 6.07) is 10.9. The molecule has 0 radical (unpaired) electrons. The summed E-state index contributed by atoms with van der Waals surface area (Å²) in [4.78, 5) is 39.1. The molecule has 2 aromatic rings. The van der Waals surface area contributed by atoms with Gasteiger partial charge in [-0.3, -0.25) is 9.59 Å². The van der Waals surface area contributed by atoms with Gasteiger partial charge in [-0.25, -0.2) is 9.18 Å². The first kappa shape index (κ1) is 39.7. The fourth-order valence-electron chi connectivity index (χ4n) is 14.0. The zero-order valence-corrected chi connectivity index (χ0v) is 33.9. The molecule has 10 atom stereocenters. The second kappa shape index (κ2) is 14.1.